The molecule has 0 aliphatic carbocycles. The van der Waals surface area contributed by atoms with Crippen LogP contribution in [0.1, 0.15) is 2.85 Å². The van der Waals surface area contributed by atoms with E-state index in [1.165, 1.54) is 0 Å². The predicted octanol–water partition coefficient (Wildman–Crippen LogP) is -4.62. The third-order valence-corrected chi connectivity index (χ3v) is 0.869. The summed E-state index contributed by atoms with van der Waals surface area (Å²) >= 11 is 1.60. The van der Waals surface area contributed by atoms with Crippen molar-refractivity contribution in [3.05, 3.63) is 17.1 Å². The van der Waals surface area contributed by atoms with E-state index >= 15 is 0 Å². The van der Waals surface area contributed by atoms with Crippen LogP contribution >= 0.6 is 11.3 Å². The topological polar surface area (TPSA) is 12.9 Å². The van der Waals surface area contributed by atoms with Crippen LogP contribution in [0.15, 0.2) is 17.1 Å². The molecule has 1 nitrogen and oxygen atoms in total. The van der Waals surface area contributed by atoms with Crippen molar-refractivity contribution < 1.29 is 106 Å². The molecule has 7 heavy (non-hydrogen) atoms. The van der Waals surface area contributed by atoms with Crippen molar-refractivity contribution in [2.24, 2.45) is 0 Å². The maximum Gasteiger partial charge on any atom is 1.00 e. The first kappa shape index (κ1) is 12.6. The quantitative estimate of drug-likeness (QED) is 0.353. The van der Waals surface area contributed by atoms with Gasteiger partial charge in [-0.2, -0.15) is 0 Å². The summed E-state index contributed by atoms with van der Waals surface area (Å²) in [5.74, 6) is 0. The Morgan fingerprint density at radius 1 is 1.43 bits per heavy atom. The van der Waals surface area contributed by atoms with Crippen molar-refractivity contribution in [1.82, 2.24) is 4.98 Å². The zero-order valence-corrected chi connectivity index (χ0v) is 11.7. The van der Waals surface area contributed by atoms with Crippen molar-refractivity contribution >= 4 is 11.3 Å². The minimum absolute atomic E-state index is 0. The Hall–Kier alpha value is 2.90. The van der Waals surface area contributed by atoms with E-state index in [9.17, 15) is 0 Å². The van der Waals surface area contributed by atoms with Crippen molar-refractivity contribution in [2.45, 2.75) is 0 Å². The Bertz CT molecular complexity index is 76.3. The minimum Gasteiger partial charge on any atom is -1.00 e. The molecular weight excluding hydrogens is 160 g/mol. The molecule has 1 heterocycles. The number of hydrogen-bond donors (Lipinski definition) is 0. The maximum absolute atomic E-state index is 3.74. The van der Waals surface area contributed by atoms with E-state index in [4.69, 9.17) is 0 Å². The first-order valence-corrected chi connectivity index (χ1v) is 2.26. The van der Waals surface area contributed by atoms with Crippen LogP contribution in [0.5, 0.6) is 0 Å². The number of thiazole rings is 1. The molecule has 0 radical (unpaired) electrons. The molecule has 1 rings (SSSR count). The second-order valence-corrected chi connectivity index (χ2v) is 1.43. The van der Waals surface area contributed by atoms with Crippen LogP contribution < -0.4 is 103 Å². The molecule has 1 aromatic rings. The third-order valence-electron chi connectivity index (χ3n) is 0.347. The molecule has 0 aliphatic rings. The molecule has 0 amide bonds. The van der Waals surface area contributed by atoms with Gasteiger partial charge < -0.3 is 2.85 Å². The molecule has 0 aromatic carbocycles. The summed E-state index contributed by atoms with van der Waals surface area (Å²) in [5.41, 5.74) is 1.79. The van der Waals surface area contributed by atoms with Gasteiger partial charge in [0.15, 0.2) is 0 Å². The molecule has 0 spiro atoms. The third kappa shape index (κ3) is 6.79. The number of nitrogens with zero attached hydrogens (tertiary/aromatic N) is 1. The fourth-order valence-electron chi connectivity index (χ4n) is 0.176. The van der Waals surface area contributed by atoms with Crippen molar-refractivity contribution in [1.29, 1.82) is 0 Å². The van der Waals surface area contributed by atoms with Gasteiger partial charge in [-0.15, -0.1) is 11.3 Å². The summed E-state index contributed by atoms with van der Waals surface area (Å²) in [6, 6.07) is 0. The van der Waals surface area contributed by atoms with E-state index in [0.717, 1.165) is 0 Å². The van der Waals surface area contributed by atoms with Gasteiger partial charge in [0, 0.05) is 11.6 Å². The van der Waals surface area contributed by atoms with E-state index in [1.807, 2.05) is 5.38 Å². The second-order valence-electron chi connectivity index (χ2n) is 0.676. The number of rotatable bonds is 0. The predicted molar refractivity (Wildman–Crippen MR) is 24.3 cm³/mol. The molecule has 0 saturated carbocycles. The molecule has 4 heteroatoms. The largest absolute Gasteiger partial charge is 1.00 e. The zero-order chi connectivity index (χ0) is 3.54. The van der Waals surface area contributed by atoms with E-state index in [-0.39, 0.29) is 106 Å². The maximum atomic E-state index is 3.74. The van der Waals surface area contributed by atoms with Crippen LogP contribution in [-0.4, -0.2) is 4.98 Å². The first-order valence-electron chi connectivity index (χ1n) is 1.32. The van der Waals surface area contributed by atoms with Crippen molar-refractivity contribution in [3.63, 3.8) is 0 Å². The van der Waals surface area contributed by atoms with E-state index in [2.05, 4.69) is 4.98 Å². The minimum atomic E-state index is 0. The fourth-order valence-corrected chi connectivity index (χ4v) is 0.527. The Morgan fingerprint density at radius 2 is 2.14 bits per heavy atom. The van der Waals surface area contributed by atoms with Gasteiger partial charge in [-0.1, -0.05) is 0 Å². The van der Waals surface area contributed by atoms with Gasteiger partial charge in [0.05, 0.1) is 5.51 Å². The van der Waals surface area contributed by atoms with Crippen LogP contribution in [0, 0.1) is 0 Å². The SMILES string of the molecule is [H-].[H-].[K+].[K+].c1cscn1. The van der Waals surface area contributed by atoms with Gasteiger partial charge >= 0.3 is 103 Å². The molecule has 0 N–H and O–H groups in total. The second kappa shape index (κ2) is 8.90. The zero-order valence-electron chi connectivity index (χ0n) is 6.59. The van der Waals surface area contributed by atoms with Gasteiger partial charge in [-0.25, -0.2) is 0 Å². The molecule has 1 aromatic heterocycles. The summed E-state index contributed by atoms with van der Waals surface area (Å²) in [5, 5.41) is 1.93. The fraction of sp³-hybridized carbons (Fsp3) is 0. The molecular formula is C3H5K2NS. The smallest absolute Gasteiger partial charge is 1.00 e. The molecule has 0 aliphatic heterocycles. The molecule has 0 unspecified atom stereocenters. The Morgan fingerprint density at radius 3 is 2.29 bits per heavy atom. The number of aromatic nitrogens is 1. The Labute approximate surface area is 135 Å². The van der Waals surface area contributed by atoms with E-state index < -0.39 is 0 Å². The van der Waals surface area contributed by atoms with Crippen LogP contribution in [0.3, 0.4) is 0 Å². The monoisotopic (exact) mass is 165 g/mol. The molecule has 0 saturated heterocycles. The summed E-state index contributed by atoms with van der Waals surface area (Å²) in [6.07, 6.45) is 1.77. The van der Waals surface area contributed by atoms with Crippen LogP contribution in [-0.2, 0) is 0 Å². The first-order chi connectivity index (χ1) is 2.50. The Balaban J connectivity index is -0.0000000312. The van der Waals surface area contributed by atoms with E-state index in [1.54, 1.807) is 23.0 Å². The van der Waals surface area contributed by atoms with Crippen LogP contribution in [0.4, 0.5) is 0 Å². The average Bonchev–Trinajstić information content (AvgIpc) is 1.76. The van der Waals surface area contributed by atoms with Crippen molar-refractivity contribution in [3.8, 4) is 0 Å². The van der Waals surface area contributed by atoms with E-state index in [0.29, 0.717) is 0 Å². The summed E-state index contributed by atoms with van der Waals surface area (Å²) in [7, 11) is 0. The standard InChI is InChI=1S/C3H3NS.2K.2H/c1-2-5-3-4-1;;;;/h1-3H;;;;/q;2*+1;2*-1. The Kier molecular flexibility index (Phi) is 16.0. The van der Waals surface area contributed by atoms with Crippen LogP contribution in [0.2, 0.25) is 0 Å². The van der Waals surface area contributed by atoms with Gasteiger partial charge in [-0.3, -0.25) is 4.98 Å². The van der Waals surface area contributed by atoms with Gasteiger partial charge in [0.25, 0.3) is 0 Å². The van der Waals surface area contributed by atoms with Gasteiger partial charge in [0.1, 0.15) is 0 Å². The average molecular weight is 165 g/mol. The normalized spacial score (nSPS) is 5.71. The van der Waals surface area contributed by atoms with Gasteiger partial charge in [0.2, 0.25) is 0 Å². The summed E-state index contributed by atoms with van der Waals surface area (Å²) in [4.78, 5) is 3.74. The van der Waals surface area contributed by atoms with Crippen molar-refractivity contribution in [2.75, 3.05) is 0 Å². The van der Waals surface area contributed by atoms with Crippen LogP contribution in [0.25, 0.3) is 0 Å². The number of hydrogen-bond acceptors (Lipinski definition) is 2. The molecule has 0 atom stereocenters. The molecule has 0 fully saturated rings. The summed E-state index contributed by atoms with van der Waals surface area (Å²) in [6.45, 7) is 0. The summed E-state index contributed by atoms with van der Waals surface area (Å²) < 4.78 is 0. The van der Waals surface area contributed by atoms with Gasteiger partial charge in [-0.05, 0) is 0 Å². The molecule has 30 valence electrons. The molecule has 0 bridgehead atoms.